The van der Waals surface area contributed by atoms with E-state index < -0.39 is 0 Å². The molecule has 0 spiro atoms. The summed E-state index contributed by atoms with van der Waals surface area (Å²) in [6.45, 7) is 0.629. The molecule has 1 aliphatic heterocycles. The van der Waals surface area contributed by atoms with Crippen LogP contribution in [0.15, 0.2) is 36.4 Å². The first kappa shape index (κ1) is 13.9. The summed E-state index contributed by atoms with van der Waals surface area (Å²) in [6.07, 6.45) is 0.627. The molecule has 2 aromatic rings. The number of fused-ring (bicyclic) bond motifs is 1. The van der Waals surface area contributed by atoms with E-state index in [2.05, 4.69) is 0 Å². The molecule has 1 atom stereocenters. The minimum atomic E-state index is -0.248. The second kappa shape index (κ2) is 5.74. The van der Waals surface area contributed by atoms with Gasteiger partial charge in [-0.05, 0) is 47.4 Å². The zero-order valence-corrected chi connectivity index (χ0v) is 12.1. The highest BCUT2D eigenvalue weighted by Crippen LogP contribution is 2.39. The first-order chi connectivity index (χ1) is 10.2. The predicted octanol–water partition coefficient (Wildman–Crippen LogP) is 3.51. The van der Waals surface area contributed by atoms with Crippen molar-refractivity contribution in [2.45, 2.75) is 12.5 Å². The summed E-state index contributed by atoms with van der Waals surface area (Å²) >= 11 is 0. The molecular weight excluding hydrogens is 271 g/mol. The first-order valence-corrected chi connectivity index (χ1v) is 6.85. The molecule has 0 aliphatic carbocycles. The molecule has 110 valence electrons. The third kappa shape index (κ3) is 2.59. The lowest BCUT2D eigenvalue weighted by atomic mass is 9.92. The van der Waals surface area contributed by atoms with E-state index in [1.165, 1.54) is 17.7 Å². The number of methoxy groups -OCH3 is 2. The van der Waals surface area contributed by atoms with Gasteiger partial charge in [-0.25, -0.2) is 4.39 Å². The summed E-state index contributed by atoms with van der Waals surface area (Å²) in [7, 11) is 3.24. The molecule has 1 aliphatic rings. The molecule has 0 radical (unpaired) electrons. The average Bonchev–Trinajstić information content (AvgIpc) is 2.53. The van der Waals surface area contributed by atoms with E-state index in [0.717, 1.165) is 23.3 Å². The second-order valence-electron chi connectivity index (χ2n) is 4.96. The van der Waals surface area contributed by atoms with E-state index in [1.54, 1.807) is 26.4 Å². The van der Waals surface area contributed by atoms with Crippen LogP contribution in [0.5, 0.6) is 11.5 Å². The van der Waals surface area contributed by atoms with Gasteiger partial charge in [-0.3, -0.25) is 0 Å². The molecule has 0 saturated carbocycles. The maximum absolute atomic E-state index is 13.1. The van der Waals surface area contributed by atoms with Gasteiger partial charge in [0.15, 0.2) is 11.5 Å². The van der Waals surface area contributed by atoms with Crippen LogP contribution in [-0.2, 0) is 11.2 Å². The standard InChI is InChI=1S/C17H17FO3/c1-19-15-9-12-7-8-21-17(14(12)10-16(15)20-2)11-3-5-13(18)6-4-11/h3-6,9-10,17H,7-8H2,1-2H3. The van der Waals surface area contributed by atoms with Gasteiger partial charge in [0.2, 0.25) is 0 Å². The Hall–Kier alpha value is -2.07. The van der Waals surface area contributed by atoms with Crippen LogP contribution in [0.2, 0.25) is 0 Å². The highest BCUT2D eigenvalue weighted by atomic mass is 19.1. The molecule has 21 heavy (non-hydrogen) atoms. The highest BCUT2D eigenvalue weighted by molar-refractivity contribution is 5.50. The van der Waals surface area contributed by atoms with Crippen molar-refractivity contribution in [1.29, 1.82) is 0 Å². The van der Waals surface area contributed by atoms with Crippen molar-refractivity contribution in [1.82, 2.24) is 0 Å². The van der Waals surface area contributed by atoms with Crippen LogP contribution in [-0.4, -0.2) is 20.8 Å². The molecule has 0 amide bonds. The van der Waals surface area contributed by atoms with Gasteiger partial charge >= 0.3 is 0 Å². The lowest BCUT2D eigenvalue weighted by Gasteiger charge is -2.27. The van der Waals surface area contributed by atoms with Gasteiger partial charge in [-0.1, -0.05) is 12.1 Å². The summed E-state index contributed by atoms with van der Waals surface area (Å²) in [5.74, 6) is 1.15. The molecule has 0 bridgehead atoms. The highest BCUT2D eigenvalue weighted by Gasteiger charge is 2.25. The predicted molar refractivity (Wildman–Crippen MR) is 77.4 cm³/mol. The van der Waals surface area contributed by atoms with E-state index in [4.69, 9.17) is 14.2 Å². The molecule has 0 saturated heterocycles. The SMILES string of the molecule is COc1cc2c(cc1OC)C(c1ccc(F)cc1)OCC2. The fourth-order valence-corrected chi connectivity index (χ4v) is 2.69. The van der Waals surface area contributed by atoms with E-state index >= 15 is 0 Å². The lowest BCUT2D eigenvalue weighted by Crippen LogP contribution is -2.17. The van der Waals surface area contributed by atoms with Crippen molar-refractivity contribution in [3.8, 4) is 11.5 Å². The van der Waals surface area contributed by atoms with Gasteiger partial charge in [0.1, 0.15) is 11.9 Å². The Kier molecular flexibility index (Phi) is 3.80. The van der Waals surface area contributed by atoms with Crippen molar-refractivity contribution in [2.24, 2.45) is 0 Å². The first-order valence-electron chi connectivity index (χ1n) is 6.85. The lowest BCUT2D eigenvalue weighted by molar-refractivity contribution is 0.0694. The van der Waals surface area contributed by atoms with Gasteiger partial charge in [0.25, 0.3) is 0 Å². The fourth-order valence-electron chi connectivity index (χ4n) is 2.69. The van der Waals surface area contributed by atoms with Crippen molar-refractivity contribution in [2.75, 3.05) is 20.8 Å². The number of hydrogen-bond acceptors (Lipinski definition) is 3. The van der Waals surface area contributed by atoms with Gasteiger partial charge < -0.3 is 14.2 Å². The Bertz CT molecular complexity index is 637. The number of benzene rings is 2. The van der Waals surface area contributed by atoms with Crippen LogP contribution in [0.3, 0.4) is 0 Å². The van der Waals surface area contributed by atoms with E-state index in [1.807, 2.05) is 12.1 Å². The molecule has 1 unspecified atom stereocenters. The molecule has 0 fully saturated rings. The van der Waals surface area contributed by atoms with Crippen molar-refractivity contribution < 1.29 is 18.6 Å². The summed E-state index contributed by atoms with van der Waals surface area (Å²) in [4.78, 5) is 0. The van der Waals surface area contributed by atoms with Crippen LogP contribution in [0, 0.1) is 5.82 Å². The second-order valence-corrected chi connectivity index (χ2v) is 4.96. The fraction of sp³-hybridized carbons (Fsp3) is 0.294. The van der Waals surface area contributed by atoms with Crippen LogP contribution in [0.1, 0.15) is 22.8 Å². The quantitative estimate of drug-likeness (QED) is 0.865. The number of hydrogen-bond donors (Lipinski definition) is 0. The normalized spacial score (nSPS) is 17.2. The number of ether oxygens (including phenoxy) is 3. The molecule has 3 rings (SSSR count). The number of halogens is 1. The maximum Gasteiger partial charge on any atom is 0.161 e. The van der Waals surface area contributed by atoms with E-state index in [9.17, 15) is 4.39 Å². The van der Waals surface area contributed by atoms with Gasteiger partial charge in [0, 0.05) is 0 Å². The Balaban J connectivity index is 2.06. The third-order valence-electron chi connectivity index (χ3n) is 3.76. The monoisotopic (exact) mass is 288 g/mol. The topological polar surface area (TPSA) is 27.7 Å². The van der Waals surface area contributed by atoms with Crippen molar-refractivity contribution >= 4 is 0 Å². The number of rotatable bonds is 3. The molecule has 0 aromatic heterocycles. The van der Waals surface area contributed by atoms with E-state index in [-0.39, 0.29) is 11.9 Å². The molecule has 0 N–H and O–H groups in total. The molecular formula is C17H17FO3. The zero-order chi connectivity index (χ0) is 14.8. The zero-order valence-electron chi connectivity index (χ0n) is 12.1. The molecule has 4 heteroatoms. The summed E-state index contributed by atoms with van der Waals surface area (Å²) in [6, 6.07) is 10.4. The molecule has 3 nitrogen and oxygen atoms in total. The Morgan fingerprint density at radius 2 is 1.71 bits per heavy atom. The Labute approximate surface area is 123 Å². The maximum atomic E-state index is 13.1. The van der Waals surface area contributed by atoms with Crippen LogP contribution in [0.4, 0.5) is 4.39 Å². The summed E-state index contributed by atoms with van der Waals surface area (Å²) in [5.41, 5.74) is 3.16. The van der Waals surface area contributed by atoms with Crippen LogP contribution in [0.25, 0.3) is 0 Å². The summed E-state index contributed by atoms with van der Waals surface area (Å²) in [5, 5.41) is 0. The van der Waals surface area contributed by atoms with Crippen LogP contribution < -0.4 is 9.47 Å². The summed E-state index contributed by atoms with van der Waals surface area (Å²) < 4.78 is 29.7. The van der Waals surface area contributed by atoms with E-state index in [0.29, 0.717) is 12.4 Å². The Morgan fingerprint density at radius 3 is 2.38 bits per heavy atom. The van der Waals surface area contributed by atoms with Crippen molar-refractivity contribution in [3.63, 3.8) is 0 Å². The van der Waals surface area contributed by atoms with Gasteiger partial charge in [0.05, 0.1) is 20.8 Å². The minimum Gasteiger partial charge on any atom is -0.493 e. The van der Waals surface area contributed by atoms with Gasteiger partial charge in [-0.15, -0.1) is 0 Å². The minimum absolute atomic E-state index is 0.200. The molecule has 2 aromatic carbocycles. The largest absolute Gasteiger partial charge is 0.493 e. The van der Waals surface area contributed by atoms with Crippen LogP contribution >= 0.6 is 0 Å². The third-order valence-corrected chi connectivity index (χ3v) is 3.76. The smallest absolute Gasteiger partial charge is 0.161 e. The van der Waals surface area contributed by atoms with Gasteiger partial charge in [-0.2, -0.15) is 0 Å². The van der Waals surface area contributed by atoms with Crippen molar-refractivity contribution in [3.05, 3.63) is 58.9 Å². The molecule has 1 heterocycles. The Morgan fingerprint density at radius 1 is 1.05 bits per heavy atom. The average molecular weight is 288 g/mol.